The monoisotopic (exact) mass is 478 g/mol. The Balaban J connectivity index is 1.39. The highest BCUT2D eigenvalue weighted by molar-refractivity contribution is 8.23. The fraction of sp³-hybridized carbons (Fsp3) is 0.308. The Labute approximate surface area is 203 Å². The molecule has 0 N–H and O–H groups in total. The Morgan fingerprint density at radius 3 is 2.33 bits per heavy atom. The molecule has 4 rings (SSSR count). The molecule has 2 aromatic rings. The van der Waals surface area contributed by atoms with E-state index in [9.17, 15) is 14.4 Å². The van der Waals surface area contributed by atoms with Gasteiger partial charge in [0.05, 0.1) is 5.69 Å². The summed E-state index contributed by atoms with van der Waals surface area (Å²) in [7, 11) is 0. The van der Waals surface area contributed by atoms with Crippen LogP contribution < -0.4 is 4.90 Å². The van der Waals surface area contributed by atoms with Crippen molar-refractivity contribution < 1.29 is 14.4 Å². The van der Waals surface area contributed by atoms with Crippen molar-refractivity contribution in [3.05, 3.63) is 71.3 Å². The normalized spacial score (nSPS) is 18.9. The Hall–Kier alpha value is -2.77. The van der Waals surface area contributed by atoms with Crippen molar-refractivity contribution in [2.24, 2.45) is 0 Å². The second kappa shape index (κ2) is 10.4. The highest BCUT2D eigenvalue weighted by Gasteiger charge is 2.41. The zero-order valence-electron chi connectivity index (χ0n) is 18.5. The van der Waals surface area contributed by atoms with Crippen molar-refractivity contribution in [1.29, 1.82) is 0 Å². The molecule has 5 nitrogen and oxygen atoms in total. The fourth-order valence-electron chi connectivity index (χ4n) is 3.96. The zero-order chi connectivity index (χ0) is 23.4. The van der Waals surface area contributed by atoms with Gasteiger partial charge in [-0.25, -0.2) is 4.90 Å². The summed E-state index contributed by atoms with van der Waals surface area (Å²) in [6, 6.07) is 14.5. The first-order valence-corrected chi connectivity index (χ1v) is 12.4. The lowest BCUT2D eigenvalue weighted by molar-refractivity contribution is -0.121. The van der Waals surface area contributed by atoms with E-state index in [2.05, 4.69) is 4.90 Å². The number of allylic oxidation sites excluding steroid dienone is 1. The van der Waals surface area contributed by atoms with Gasteiger partial charge in [-0.2, -0.15) is 0 Å². The molecule has 0 radical (unpaired) electrons. The van der Waals surface area contributed by atoms with Gasteiger partial charge in [0.1, 0.15) is 9.57 Å². The van der Waals surface area contributed by atoms with Crippen LogP contribution in [-0.2, 0) is 9.59 Å². The number of carbonyl (C=O) groups is 3. The van der Waals surface area contributed by atoms with E-state index in [1.54, 1.807) is 30.3 Å². The third-order valence-electron chi connectivity index (χ3n) is 5.88. The van der Waals surface area contributed by atoms with E-state index in [0.29, 0.717) is 15.6 Å². The van der Waals surface area contributed by atoms with Crippen LogP contribution in [-0.4, -0.2) is 45.2 Å². The van der Waals surface area contributed by atoms with Crippen molar-refractivity contribution in [2.75, 3.05) is 18.0 Å². The van der Waals surface area contributed by atoms with Crippen LogP contribution in [0.15, 0.2) is 54.6 Å². The van der Waals surface area contributed by atoms with Crippen molar-refractivity contribution in [2.45, 2.75) is 37.9 Å². The molecule has 0 aliphatic carbocycles. The summed E-state index contributed by atoms with van der Waals surface area (Å²) in [5, 5.41) is -0.495. The van der Waals surface area contributed by atoms with Crippen LogP contribution in [0.4, 0.5) is 5.69 Å². The molecule has 1 unspecified atom stereocenters. The minimum absolute atomic E-state index is 0.136. The Bertz CT molecular complexity index is 1090. The molecule has 33 heavy (non-hydrogen) atoms. The van der Waals surface area contributed by atoms with E-state index in [-0.39, 0.29) is 24.0 Å². The lowest BCUT2D eigenvalue weighted by atomic mass is 10.1. The topological polar surface area (TPSA) is 57.7 Å². The molecule has 7 heteroatoms. The predicted octanol–water partition coefficient (Wildman–Crippen LogP) is 5.03. The maximum absolute atomic E-state index is 13.0. The van der Waals surface area contributed by atoms with Gasteiger partial charge < -0.3 is 4.90 Å². The number of amides is 2. The molecule has 2 fully saturated rings. The average Bonchev–Trinajstić information content (AvgIpc) is 3.11. The fourth-order valence-corrected chi connectivity index (χ4v) is 5.50. The summed E-state index contributed by atoms with van der Waals surface area (Å²) in [5.41, 5.74) is 3.09. The van der Waals surface area contributed by atoms with E-state index >= 15 is 0 Å². The van der Waals surface area contributed by atoms with Gasteiger partial charge in [-0.15, -0.1) is 0 Å². The SMILES string of the molecule is Cc1ccc(C=CC(=O)c2ccc(N3C(=O)CC(SC(=S)N4CCCCC4)C3=O)cc2)cc1. The molecule has 2 saturated heterocycles. The molecule has 170 valence electrons. The number of nitrogens with zero attached hydrogens (tertiary/aromatic N) is 2. The number of hydrogen-bond acceptors (Lipinski definition) is 5. The Kier molecular flexibility index (Phi) is 7.40. The molecule has 0 saturated carbocycles. The number of aryl methyl sites for hydroxylation is 1. The van der Waals surface area contributed by atoms with Gasteiger partial charge in [-0.1, -0.05) is 59.9 Å². The number of imide groups is 1. The van der Waals surface area contributed by atoms with Crippen molar-refractivity contribution in [1.82, 2.24) is 4.90 Å². The molecule has 2 aromatic carbocycles. The van der Waals surface area contributed by atoms with Crippen molar-refractivity contribution in [3.63, 3.8) is 0 Å². The molecular weight excluding hydrogens is 452 g/mol. The second-order valence-electron chi connectivity index (χ2n) is 8.35. The average molecular weight is 479 g/mol. The second-order valence-corrected chi connectivity index (χ2v) is 10.2. The Morgan fingerprint density at radius 1 is 1.00 bits per heavy atom. The van der Waals surface area contributed by atoms with Crippen LogP contribution in [0, 0.1) is 6.92 Å². The van der Waals surface area contributed by atoms with E-state index in [1.165, 1.54) is 29.2 Å². The summed E-state index contributed by atoms with van der Waals surface area (Å²) < 4.78 is 0.698. The summed E-state index contributed by atoms with van der Waals surface area (Å²) in [4.78, 5) is 41.4. The van der Waals surface area contributed by atoms with Gasteiger partial charge in [0.15, 0.2) is 5.78 Å². The zero-order valence-corrected chi connectivity index (χ0v) is 20.2. The molecule has 2 aliphatic heterocycles. The molecule has 1 atom stereocenters. The van der Waals surface area contributed by atoms with Gasteiger partial charge in [0.2, 0.25) is 11.8 Å². The van der Waals surface area contributed by atoms with Gasteiger partial charge in [0.25, 0.3) is 0 Å². The van der Waals surface area contributed by atoms with Crippen LogP contribution in [0.2, 0.25) is 0 Å². The van der Waals surface area contributed by atoms with Crippen molar-refractivity contribution >= 4 is 57.7 Å². The van der Waals surface area contributed by atoms with Crippen molar-refractivity contribution in [3.8, 4) is 0 Å². The lowest BCUT2D eigenvalue weighted by Crippen LogP contribution is -2.35. The minimum Gasteiger partial charge on any atom is -0.358 e. The standard InChI is InChI=1S/C26H26N2O3S2/c1-18-5-7-19(8-6-18)9-14-22(29)20-10-12-21(13-11-20)28-24(30)17-23(25(28)31)33-26(32)27-15-3-2-4-16-27/h5-14,23H,2-4,15-17H2,1H3. The van der Waals surface area contributed by atoms with E-state index in [1.807, 2.05) is 31.2 Å². The number of piperidine rings is 1. The smallest absolute Gasteiger partial charge is 0.247 e. The number of carbonyl (C=O) groups excluding carboxylic acids is 3. The van der Waals surface area contributed by atoms with Gasteiger partial charge in [-0.3, -0.25) is 14.4 Å². The molecule has 2 heterocycles. The number of ketones is 1. The molecule has 0 aromatic heterocycles. The summed E-state index contributed by atoms with van der Waals surface area (Å²) in [6.07, 6.45) is 6.86. The quantitative estimate of drug-likeness (QED) is 0.260. The number of thiocarbonyl (C=S) groups is 1. The third kappa shape index (κ3) is 5.60. The molecular formula is C26H26N2O3S2. The number of anilines is 1. The van der Waals surface area contributed by atoms with Crippen LogP contribution in [0.1, 0.15) is 47.2 Å². The van der Waals surface area contributed by atoms with E-state index in [0.717, 1.165) is 37.1 Å². The van der Waals surface area contributed by atoms with Crippen LogP contribution in [0.25, 0.3) is 6.08 Å². The van der Waals surface area contributed by atoms with Crippen LogP contribution >= 0.6 is 24.0 Å². The van der Waals surface area contributed by atoms with Gasteiger partial charge >= 0.3 is 0 Å². The third-order valence-corrected chi connectivity index (χ3v) is 7.54. The van der Waals surface area contributed by atoms with Gasteiger partial charge in [0, 0.05) is 25.1 Å². The first-order valence-electron chi connectivity index (χ1n) is 11.1. The molecule has 0 bridgehead atoms. The minimum atomic E-state index is -0.495. The first-order chi connectivity index (χ1) is 15.9. The molecule has 0 spiro atoms. The Morgan fingerprint density at radius 2 is 1.67 bits per heavy atom. The maximum atomic E-state index is 13.0. The van der Waals surface area contributed by atoms with E-state index in [4.69, 9.17) is 12.2 Å². The highest BCUT2D eigenvalue weighted by Crippen LogP contribution is 2.32. The van der Waals surface area contributed by atoms with Crippen LogP contribution in [0.5, 0.6) is 0 Å². The highest BCUT2D eigenvalue weighted by atomic mass is 32.2. The van der Waals surface area contributed by atoms with Crippen LogP contribution in [0.3, 0.4) is 0 Å². The number of benzene rings is 2. The number of thioether (sulfide) groups is 1. The first kappa shape index (κ1) is 23.4. The summed E-state index contributed by atoms with van der Waals surface area (Å²) in [5.74, 6) is -0.624. The predicted molar refractivity (Wildman–Crippen MR) is 137 cm³/mol. The number of hydrogen-bond donors (Lipinski definition) is 0. The summed E-state index contributed by atoms with van der Waals surface area (Å²) in [6.45, 7) is 3.84. The maximum Gasteiger partial charge on any atom is 0.247 e. The number of likely N-dealkylation sites (tertiary alicyclic amines) is 1. The largest absolute Gasteiger partial charge is 0.358 e. The lowest BCUT2D eigenvalue weighted by Gasteiger charge is -2.29. The molecule has 2 aliphatic rings. The molecule has 2 amide bonds. The number of rotatable bonds is 5. The van der Waals surface area contributed by atoms with E-state index < -0.39 is 5.25 Å². The summed E-state index contributed by atoms with van der Waals surface area (Å²) >= 11 is 6.85. The van der Waals surface area contributed by atoms with Gasteiger partial charge in [-0.05, 0) is 62.1 Å².